The Balaban J connectivity index is 1.58. The highest BCUT2D eigenvalue weighted by Gasteiger charge is 2.72. The zero-order valence-electron chi connectivity index (χ0n) is 23.2. The van der Waals surface area contributed by atoms with Gasteiger partial charge in [0.1, 0.15) is 28.8 Å². The van der Waals surface area contributed by atoms with Gasteiger partial charge in [-0.05, 0) is 60.7 Å². The van der Waals surface area contributed by atoms with Crippen molar-refractivity contribution in [1.82, 2.24) is 0 Å². The molecule has 1 spiro atoms. The first-order valence-electron chi connectivity index (χ1n) is 13.8. The van der Waals surface area contributed by atoms with Crippen LogP contribution in [0.1, 0.15) is 48.1 Å². The normalized spacial score (nSPS) is 21.0. The van der Waals surface area contributed by atoms with E-state index in [0.717, 1.165) is 0 Å². The van der Waals surface area contributed by atoms with Crippen LogP contribution in [0.15, 0.2) is 91.0 Å². The van der Waals surface area contributed by atoms with Gasteiger partial charge in [0.25, 0.3) is 0 Å². The molecule has 0 radical (unpaired) electrons. The molecule has 2 heterocycles. The fraction of sp³-hybridized carbons (Fsp3) is 0.171. The number of carbonyl (C=O) groups excluding carboxylic acids is 3. The third kappa shape index (κ3) is 3.74. The summed E-state index contributed by atoms with van der Waals surface area (Å²) in [5.74, 6) is -1.66. The third-order valence-corrected chi connectivity index (χ3v) is 9.19. The number of anilines is 1. The molecule has 2 aliphatic heterocycles. The Kier molecular flexibility index (Phi) is 6.25. The van der Waals surface area contributed by atoms with E-state index < -0.39 is 29.2 Å². The van der Waals surface area contributed by atoms with Gasteiger partial charge in [0.05, 0.1) is 20.3 Å². The van der Waals surface area contributed by atoms with Crippen LogP contribution in [0.2, 0.25) is 5.02 Å². The van der Waals surface area contributed by atoms with Crippen LogP contribution >= 0.6 is 11.6 Å². The molecular formula is C35H25ClFNO5. The zero-order chi connectivity index (χ0) is 30.0. The molecular weight excluding hydrogens is 569 g/mol. The van der Waals surface area contributed by atoms with Crippen LogP contribution < -0.4 is 14.4 Å². The van der Waals surface area contributed by atoms with Crippen LogP contribution in [0.4, 0.5) is 10.1 Å². The second kappa shape index (κ2) is 9.92. The fourth-order valence-corrected chi connectivity index (χ4v) is 7.28. The number of fused-ring (bicyclic) bond motifs is 5. The molecule has 8 heteroatoms. The lowest BCUT2D eigenvalue weighted by Crippen LogP contribution is -2.48. The van der Waals surface area contributed by atoms with E-state index in [4.69, 9.17) is 21.1 Å². The SMILES string of the molecule is COc1ccc(OC)c([C@H]2[C@H](C(=O)c3ccc(Cl)cc3)N3c4ccc(F)cc4C=CC3C23C(=O)c2ccccc2C3=O)c1. The number of halogens is 2. The summed E-state index contributed by atoms with van der Waals surface area (Å²) in [6, 6.07) is 20.8. The second-order valence-corrected chi connectivity index (χ2v) is 11.3. The van der Waals surface area contributed by atoms with E-state index in [0.29, 0.717) is 50.0 Å². The molecule has 1 fully saturated rings. The van der Waals surface area contributed by atoms with Crippen molar-refractivity contribution in [1.29, 1.82) is 0 Å². The lowest BCUT2D eigenvalue weighted by Gasteiger charge is -2.37. The first kappa shape index (κ1) is 27.1. The number of ether oxygens (including phenoxy) is 2. The molecule has 7 rings (SSSR count). The summed E-state index contributed by atoms with van der Waals surface area (Å²) in [6.07, 6.45) is 3.47. The summed E-state index contributed by atoms with van der Waals surface area (Å²) in [7, 11) is 3.02. The maximum Gasteiger partial charge on any atom is 0.185 e. The summed E-state index contributed by atoms with van der Waals surface area (Å²) < 4.78 is 25.8. The van der Waals surface area contributed by atoms with E-state index in [1.165, 1.54) is 26.4 Å². The van der Waals surface area contributed by atoms with Gasteiger partial charge in [0.15, 0.2) is 17.3 Å². The molecule has 1 saturated heterocycles. The van der Waals surface area contributed by atoms with Crippen LogP contribution in [0, 0.1) is 11.2 Å². The van der Waals surface area contributed by atoms with E-state index >= 15 is 0 Å². The molecule has 0 aromatic heterocycles. The van der Waals surface area contributed by atoms with E-state index in [2.05, 4.69) is 0 Å². The summed E-state index contributed by atoms with van der Waals surface area (Å²) in [5, 5.41) is 0.460. The topological polar surface area (TPSA) is 72.9 Å². The fourth-order valence-electron chi connectivity index (χ4n) is 7.16. The van der Waals surface area contributed by atoms with Crippen molar-refractivity contribution in [2.75, 3.05) is 19.1 Å². The van der Waals surface area contributed by atoms with E-state index in [-0.39, 0.29) is 17.3 Å². The predicted molar refractivity (Wildman–Crippen MR) is 161 cm³/mol. The molecule has 6 nitrogen and oxygen atoms in total. The molecule has 3 atom stereocenters. The number of ketones is 3. The quantitative estimate of drug-likeness (QED) is 0.187. The molecule has 43 heavy (non-hydrogen) atoms. The standard InChI is InChI=1S/C35H25ClFNO5/c1-42-23-13-15-28(43-2)26(18-23)30-31(32(39)19-7-10-21(36)11-8-19)38-27-14-12-22(37)17-20(27)9-16-29(38)35(30)33(40)24-5-3-4-6-25(24)34(35)41/h3-18,29-31H,1-2H3/t29?,30-,31+/m0/s1. The van der Waals surface area contributed by atoms with Gasteiger partial charge in [-0.25, -0.2) is 4.39 Å². The second-order valence-electron chi connectivity index (χ2n) is 10.9. The highest BCUT2D eigenvalue weighted by Crippen LogP contribution is 2.62. The minimum atomic E-state index is -1.74. The van der Waals surface area contributed by atoms with E-state index in [1.807, 2.05) is 4.90 Å². The summed E-state index contributed by atoms with van der Waals surface area (Å²) in [5.41, 5.74) is 0.782. The van der Waals surface area contributed by atoms with E-state index in [9.17, 15) is 18.8 Å². The molecule has 0 bridgehead atoms. The monoisotopic (exact) mass is 593 g/mol. The molecule has 0 saturated carbocycles. The number of rotatable bonds is 5. The summed E-state index contributed by atoms with van der Waals surface area (Å²) in [6.45, 7) is 0. The number of Topliss-reactive ketones (excluding diaryl/α,β-unsaturated/α-hetero) is 3. The number of methoxy groups -OCH3 is 2. The Labute approximate surface area is 252 Å². The van der Waals surface area contributed by atoms with Crippen molar-refractivity contribution in [2.45, 2.75) is 18.0 Å². The van der Waals surface area contributed by atoms with Crippen LogP contribution in [0.5, 0.6) is 11.5 Å². The van der Waals surface area contributed by atoms with Gasteiger partial charge in [-0.2, -0.15) is 0 Å². The maximum atomic E-state index is 14.8. The first-order valence-corrected chi connectivity index (χ1v) is 14.2. The van der Waals surface area contributed by atoms with Crippen molar-refractivity contribution in [2.24, 2.45) is 5.41 Å². The Morgan fingerprint density at radius 3 is 2.23 bits per heavy atom. The summed E-state index contributed by atoms with van der Waals surface area (Å²) in [4.78, 5) is 46.2. The van der Waals surface area contributed by atoms with Gasteiger partial charge in [-0.3, -0.25) is 14.4 Å². The molecule has 4 aromatic rings. The highest BCUT2D eigenvalue weighted by molar-refractivity contribution is 6.32. The average Bonchev–Trinajstić information content (AvgIpc) is 3.46. The summed E-state index contributed by atoms with van der Waals surface area (Å²) >= 11 is 6.17. The van der Waals surface area contributed by atoms with Crippen LogP contribution in [0.3, 0.4) is 0 Å². The minimum absolute atomic E-state index is 0.303. The number of benzene rings is 4. The Bertz CT molecular complexity index is 1830. The number of hydrogen-bond acceptors (Lipinski definition) is 6. The molecule has 1 aliphatic carbocycles. The highest BCUT2D eigenvalue weighted by atomic mass is 35.5. The lowest BCUT2D eigenvalue weighted by molar-refractivity contribution is 0.0664. The average molecular weight is 594 g/mol. The maximum absolute atomic E-state index is 14.8. The van der Waals surface area contributed by atoms with Gasteiger partial charge >= 0.3 is 0 Å². The number of hydrogen-bond donors (Lipinski definition) is 0. The van der Waals surface area contributed by atoms with Crippen LogP contribution in [-0.4, -0.2) is 43.7 Å². The van der Waals surface area contributed by atoms with Gasteiger partial charge in [-0.1, -0.05) is 48.0 Å². The van der Waals surface area contributed by atoms with Gasteiger partial charge in [-0.15, -0.1) is 0 Å². The Morgan fingerprint density at radius 1 is 0.884 bits per heavy atom. The Morgan fingerprint density at radius 2 is 1.58 bits per heavy atom. The van der Waals surface area contributed by atoms with Crippen molar-refractivity contribution in [3.8, 4) is 11.5 Å². The first-order chi connectivity index (χ1) is 20.8. The number of carbonyl (C=O) groups is 3. The molecule has 3 aliphatic rings. The smallest absolute Gasteiger partial charge is 0.185 e. The zero-order valence-corrected chi connectivity index (χ0v) is 24.0. The van der Waals surface area contributed by atoms with Crippen molar-refractivity contribution in [3.05, 3.63) is 130 Å². The number of nitrogens with zero attached hydrogens (tertiary/aromatic N) is 1. The van der Waals surface area contributed by atoms with Crippen molar-refractivity contribution in [3.63, 3.8) is 0 Å². The van der Waals surface area contributed by atoms with Crippen LogP contribution in [-0.2, 0) is 0 Å². The molecule has 0 amide bonds. The minimum Gasteiger partial charge on any atom is -0.497 e. The Hall–Kier alpha value is -4.75. The van der Waals surface area contributed by atoms with Gasteiger partial charge in [0, 0.05) is 44.4 Å². The largest absolute Gasteiger partial charge is 0.497 e. The molecule has 214 valence electrons. The molecule has 1 unspecified atom stereocenters. The lowest BCUT2D eigenvalue weighted by atomic mass is 9.64. The molecule has 0 N–H and O–H groups in total. The van der Waals surface area contributed by atoms with E-state index in [1.54, 1.807) is 84.9 Å². The van der Waals surface area contributed by atoms with Crippen molar-refractivity contribution < 1.29 is 28.2 Å². The molecule has 4 aromatic carbocycles. The van der Waals surface area contributed by atoms with Gasteiger partial charge in [0.2, 0.25) is 0 Å². The third-order valence-electron chi connectivity index (χ3n) is 8.94. The van der Waals surface area contributed by atoms with Gasteiger partial charge < -0.3 is 14.4 Å². The predicted octanol–water partition coefficient (Wildman–Crippen LogP) is 6.81. The van der Waals surface area contributed by atoms with Crippen molar-refractivity contribution >= 4 is 40.7 Å². The van der Waals surface area contributed by atoms with Crippen LogP contribution in [0.25, 0.3) is 6.08 Å².